The molecule has 4 nitrogen and oxygen atoms in total. The zero-order chi connectivity index (χ0) is 9.97. The molecule has 1 saturated heterocycles. The van der Waals surface area contributed by atoms with Crippen LogP contribution in [0.3, 0.4) is 0 Å². The molecule has 74 valence electrons. The Kier molecular flexibility index (Phi) is 2.26. The molecule has 0 aliphatic carbocycles. The summed E-state index contributed by atoms with van der Waals surface area (Å²) in [4.78, 5) is 12.6. The Labute approximate surface area is 82.2 Å². The summed E-state index contributed by atoms with van der Waals surface area (Å²) in [5.74, 6) is 0. The van der Waals surface area contributed by atoms with E-state index in [9.17, 15) is 4.79 Å². The van der Waals surface area contributed by atoms with Gasteiger partial charge in [-0.2, -0.15) is 0 Å². The molecule has 14 heavy (non-hydrogen) atoms. The van der Waals surface area contributed by atoms with Gasteiger partial charge in [0.05, 0.1) is 0 Å². The number of hydrogen-bond donors (Lipinski definition) is 2. The lowest BCUT2D eigenvalue weighted by Crippen LogP contribution is -2.36. The van der Waals surface area contributed by atoms with Crippen LogP contribution in [-0.2, 0) is 0 Å². The average Bonchev–Trinajstić information content (AvgIpc) is 2.04. The Morgan fingerprint density at radius 2 is 1.93 bits per heavy atom. The second kappa shape index (κ2) is 3.57. The molecule has 0 unspecified atom stereocenters. The maximum atomic E-state index is 10.3. The molecule has 2 N–H and O–H groups in total. The van der Waals surface area contributed by atoms with Crippen LogP contribution >= 0.6 is 0 Å². The van der Waals surface area contributed by atoms with Crippen molar-refractivity contribution < 1.29 is 9.90 Å². The predicted octanol–water partition coefficient (Wildman–Crippen LogP) is 1.99. The molecule has 1 aromatic carbocycles. The second-order valence-corrected chi connectivity index (χ2v) is 3.32. The molecule has 1 amide bonds. The molecule has 0 bridgehead atoms. The Bertz CT molecular complexity index is 330. The molecule has 4 heteroatoms. The molecule has 0 spiro atoms. The number of amides is 1. The van der Waals surface area contributed by atoms with Gasteiger partial charge >= 0.3 is 6.09 Å². The number of nitrogens with zero attached hydrogens (tertiary/aromatic N) is 1. The number of carboxylic acid groups (broad SMARTS) is 1. The molecule has 1 aliphatic rings. The summed E-state index contributed by atoms with van der Waals surface area (Å²) in [6.45, 7) is 2.21. The number of hydrogen-bond acceptors (Lipinski definition) is 2. The van der Waals surface area contributed by atoms with E-state index >= 15 is 0 Å². The third-order valence-electron chi connectivity index (χ3n) is 2.34. The predicted molar refractivity (Wildman–Crippen MR) is 54.9 cm³/mol. The van der Waals surface area contributed by atoms with Gasteiger partial charge in [0.1, 0.15) is 0 Å². The summed E-state index contributed by atoms with van der Waals surface area (Å²) in [7, 11) is 0. The van der Waals surface area contributed by atoms with Crippen LogP contribution in [0.2, 0.25) is 0 Å². The zero-order valence-corrected chi connectivity index (χ0v) is 7.73. The lowest BCUT2D eigenvalue weighted by Gasteiger charge is -2.33. The largest absolute Gasteiger partial charge is 0.465 e. The molecule has 1 fully saturated rings. The second-order valence-electron chi connectivity index (χ2n) is 3.32. The van der Waals surface area contributed by atoms with Crippen LogP contribution in [0.15, 0.2) is 24.3 Å². The van der Waals surface area contributed by atoms with Crippen LogP contribution in [0.4, 0.5) is 16.2 Å². The summed E-state index contributed by atoms with van der Waals surface area (Å²) in [6, 6.07) is 7.43. The van der Waals surface area contributed by atoms with Crippen molar-refractivity contribution in [2.24, 2.45) is 0 Å². The van der Waals surface area contributed by atoms with Crippen LogP contribution in [0.1, 0.15) is 6.42 Å². The first kappa shape index (κ1) is 8.87. The smallest absolute Gasteiger partial charge is 0.409 e. The summed E-state index contributed by atoms with van der Waals surface area (Å²) < 4.78 is 0. The van der Waals surface area contributed by atoms with Crippen LogP contribution in [0.5, 0.6) is 0 Å². The van der Waals surface area contributed by atoms with Gasteiger partial charge in [0.25, 0.3) is 0 Å². The first-order valence-corrected chi connectivity index (χ1v) is 4.61. The van der Waals surface area contributed by atoms with E-state index in [1.165, 1.54) is 6.42 Å². The summed E-state index contributed by atoms with van der Waals surface area (Å²) in [5.41, 5.74) is 1.77. The fraction of sp³-hybridized carbons (Fsp3) is 0.300. The van der Waals surface area contributed by atoms with Crippen molar-refractivity contribution in [3.63, 3.8) is 0 Å². The van der Waals surface area contributed by atoms with Crippen molar-refractivity contribution >= 4 is 17.5 Å². The van der Waals surface area contributed by atoms with E-state index in [-0.39, 0.29) is 0 Å². The zero-order valence-electron chi connectivity index (χ0n) is 7.73. The quantitative estimate of drug-likeness (QED) is 0.753. The molecular formula is C10H12N2O2. The van der Waals surface area contributed by atoms with Crippen LogP contribution < -0.4 is 10.2 Å². The van der Waals surface area contributed by atoms with Gasteiger partial charge in [-0.15, -0.1) is 0 Å². The topological polar surface area (TPSA) is 52.6 Å². The minimum atomic E-state index is -1.03. The molecule has 1 aliphatic heterocycles. The van der Waals surface area contributed by atoms with Crippen molar-refractivity contribution in [1.29, 1.82) is 0 Å². The number of carbonyl (C=O) groups is 1. The average molecular weight is 192 g/mol. The van der Waals surface area contributed by atoms with Crippen molar-refractivity contribution in [2.75, 3.05) is 23.3 Å². The molecule has 2 rings (SSSR count). The fourth-order valence-corrected chi connectivity index (χ4v) is 1.45. The molecule has 1 heterocycles. The van der Waals surface area contributed by atoms with E-state index in [2.05, 4.69) is 10.2 Å². The number of benzene rings is 1. The van der Waals surface area contributed by atoms with Gasteiger partial charge in [0.15, 0.2) is 0 Å². The van der Waals surface area contributed by atoms with Gasteiger partial charge in [0.2, 0.25) is 0 Å². The first-order valence-electron chi connectivity index (χ1n) is 4.61. The third-order valence-corrected chi connectivity index (χ3v) is 2.34. The number of nitrogens with one attached hydrogen (secondary N) is 1. The maximum Gasteiger partial charge on any atom is 0.409 e. The SMILES string of the molecule is O=C(O)Nc1ccc(N2CCC2)cc1. The first-order chi connectivity index (χ1) is 6.75. The van der Waals surface area contributed by atoms with Crippen molar-refractivity contribution in [3.05, 3.63) is 24.3 Å². The van der Waals surface area contributed by atoms with Crippen LogP contribution in [0.25, 0.3) is 0 Å². The van der Waals surface area contributed by atoms with Crippen LogP contribution in [0, 0.1) is 0 Å². The lowest BCUT2D eigenvalue weighted by molar-refractivity contribution is 0.210. The number of anilines is 2. The standard InChI is InChI=1S/C10H12N2O2/c13-10(14)11-8-2-4-9(5-3-8)12-6-1-7-12/h2-5,11H,1,6-7H2,(H,13,14). The van der Waals surface area contributed by atoms with E-state index in [0.717, 1.165) is 18.8 Å². The van der Waals surface area contributed by atoms with Crippen molar-refractivity contribution in [1.82, 2.24) is 0 Å². The molecule has 0 radical (unpaired) electrons. The highest BCUT2D eigenvalue weighted by Gasteiger charge is 2.13. The van der Waals surface area contributed by atoms with Gasteiger partial charge in [0, 0.05) is 24.5 Å². The Hall–Kier alpha value is -1.71. The Morgan fingerprint density at radius 1 is 1.29 bits per heavy atom. The van der Waals surface area contributed by atoms with Gasteiger partial charge in [-0.25, -0.2) is 4.79 Å². The van der Waals surface area contributed by atoms with E-state index in [1.54, 1.807) is 12.1 Å². The van der Waals surface area contributed by atoms with Crippen LogP contribution in [-0.4, -0.2) is 24.3 Å². The Balaban J connectivity index is 2.05. The van der Waals surface area contributed by atoms with E-state index < -0.39 is 6.09 Å². The molecular weight excluding hydrogens is 180 g/mol. The van der Waals surface area contributed by atoms with E-state index in [4.69, 9.17) is 5.11 Å². The minimum absolute atomic E-state index is 0.613. The highest BCUT2D eigenvalue weighted by molar-refractivity contribution is 5.83. The summed E-state index contributed by atoms with van der Waals surface area (Å²) >= 11 is 0. The minimum Gasteiger partial charge on any atom is -0.465 e. The van der Waals surface area contributed by atoms with E-state index in [0.29, 0.717) is 5.69 Å². The van der Waals surface area contributed by atoms with Crippen molar-refractivity contribution in [3.8, 4) is 0 Å². The van der Waals surface area contributed by atoms with Gasteiger partial charge < -0.3 is 10.0 Å². The maximum absolute atomic E-state index is 10.3. The van der Waals surface area contributed by atoms with Gasteiger partial charge in [-0.05, 0) is 30.7 Å². The van der Waals surface area contributed by atoms with E-state index in [1.807, 2.05) is 12.1 Å². The molecule has 1 aromatic rings. The monoisotopic (exact) mass is 192 g/mol. The highest BCUT2D eigenvalue weighted by Crippen LogP contribution is 2.22. The molecule has 0 atom stereocenters. The third kappa shape index (κ3) is 1.79. The molecule has 0 saturated carbocycles. The lowest BCUT2D eigenvalue weighted by atomic mass is 10.1. The summed E-state index contributed by atoms with van der Waals surface area (Å²) in [5, 5.41) is 10.8. The fourth-order valence-electron chi connectivity index (χ4n) is 1.45. The highest BCUT2D eigenvalue weighted by atomic mass is 16.4. The molecule has 0 aromatic heterocycles. The summed E-state index contributed by atoms with van der Waals surface area (Å²) in [6.07, 6.45) is 0.219. The van der Waals surface area contributed by atoms with Gasteiger partial charge in [-0.1, -0.05) is 0 Å². The normalized spacial score (nSPS) is 14.7. The van der Waals surface area contributed by atoms with Gasteiger partial charge in [-0.3, -0.25) is 5.32 Å². The Morgan fingerprint density at radius 3 is 2.36 bits per heavy atom. The number of rotatable bonds is 2. The van der Waals surface area contributed by atoms with Crippen molar-refractivity contribution in [2.45, 2.75) is 6.42 Å².